The highest BCUT2D eigenvalue weighted by Crippen LogP contribution is 2.19. The molecule has 0 bridgehead atoms. The van der Waals surface area contributed by atoms with Crippen LogP contribution in [0, 0.1) is 0 Å². The van der Waals surface area contributed by atoms with Crippen LogP contribution >= 0.6 is 23.2 Å². The Morgan fingerprint density at radius 2 is 2.24 bits per heavy atom. The predicted molar refractivity (Wildman–Crippen MR) is 68.2 cm³/mol. The predicted octanol–water partition coefficient (Wildman–Crippen LogP) is 2.20. The number of hydrogen-bond donors (Lipinski definition) is 1. The maximum Gasteiger partial charge on any atom is 0.318 e. The van der Waals surface area contributed by atoms with E-state index in [-0.39, 0.29) is 6.01 Å². The molecule has 96 valence electrons. The zero-order chi connectivity index (χ0) is 12.5. The Morgan fingerprint density at radius 1 is 1.41 bits per heavy atom. The molecule has 0 saturated carbocycles. The van der Waals surface area contributed by atoms with Crippen molar-refractivity contribution in [3.05, 3.63) is 11.2 Å². The van der Waals surface area contributed by atoms with Crippen LogP contribution in [0.3, 0.4) is 0 Å². The molecule has 0 amide bonds. The van der Waals surface area contributed by atoms with Crippen molar-refractivity contribution in [2.24, 2.45) is 0 Å². The van der Waals surface area contributed by atoms with Crippen molar-refractivity contribution in [1.82, 2.24) is 9.97 Å². The van der Waals surface area contributed by atoms with Gasteiger partial charge in [-0.05, 0) is 6.42 Å². The Bertz CT molecular complexity index is 339. The molecule has 0 saturated heterocycles. The number of methoxy groups -OCH3 is 1. The zero-order valence-corrected chi connectivity index (χ0v) is 11.1. The van der Waals surface area contributed by atoms with E-state index in [1.807, 2.05) is 0 Å². The lowest BCUT2D eigenvalue weighted by Crippen LogP contribution is -2.09. The Labute approximate surface area is 110 Å². The molecule has 17 heavy (non-hydrogen) atoms. The molecule has 0 aliphatic carbocycles. The number of aromatic nitrogens is 2. The van der Waals surface area contributed by atoms with E-state index in [9.17, 15) is 0 Å². The van der Waals surface area contributed by atoms with E-state index in [4.69, 9.17) is 32.7 Å². The number of anilines is 1. The summed E-state index contributed by atoms with van der Waals surface area (Å²) in [5, 5.41) is 3.55. The summed E-state index contributed by atoms with van der Waals surface area (Å²) in [5.41, 5.74) is 0. The fourth-order valence-corrected chi connectivity index (χ4v) is 1.38. The molecule has 0 aliphatic heterocycles. The molecule has 0 radical (unpaired) electrons. The summed E-state index contributed by atoms with van der Waals surface area (Å²) in [4.78, 5) is 7.97. The van der Waals surface area contributed by atoms with Crippen LogP contribution < -0.4 is 10.1 Å². The zero-order valence-electron chi connectivity index (χ0n) is 9.58. The summed E-state index contributed by atoms with van der Waals surface area (Å²) in [7, 11) is 1.51. The highest BCUT2D eigenvalue weighted by molar-refractivity contribution is 6.32. The molecule has 0 unspecified atom stereocenters. The highest BCUT2D eigenvalue weighted by atomic mass is 35.5. The molecule has 0 aromatic carbocycles. The van der Waals surface area contributed by atoms with Crippen LogP contribution in [-0.2, 0) is 4.74 Å². The summed E-state index contributed by atoms with van der Waals surface area (Å²) in [5.74, 6) is 1.08. The normalized spacial score (nSPS) is 10.3. The summed E-state index contributed by atoms with van der Waals surface area (Å²) in [6.45, 7) is 1.94. The maximum absolute atomic E-state index is 5.92. The number of nitrogens with zero attached hydrogens (tertiary/aromatic N) is 2. The van der Waals surface area contributed by atoms with Crippen LogP contribution in [0.1, 0.15) is 6.42 Å². The molecule has 1 N–H and O–H groups in total. The molecule has 7 heteroatoms. The molecule has 1 rings (SSSR count). The van der Waals surface area contributed by atoms with Gasteiger partial charge in [0, 0.05) is 19.0 Å². The fraction of sp³-hybridized carbons (Fsp3) is 0.600. The van der Waals surface area contributed by atoms with E-state index in [1.165, 1.54) is 13.3 Å². The number of hydrogen-bond acceptors (Lipinski definition) is 5. The molecule has 1 heterocycles. The van der Waals surface area contributed by atoms with Crippen LogP contribution in [0.5, 0.6) is 6.01 Å². The first-order chi connectivity index (χ1) is 8.27. The smallest absolute Gasteiger partial charge is 0.318 e. The van der Waals surface area contributed by atoms with Gasteiger partial charge >= 0.3 is 6.01 Å². The third-order valence-corrected chi connectivity index (χ3v) is 2.31. The van der Waals surface area contributed by atoms with E-state index >= 15 is 0 Å². The molecular formula is C10H15Cl2N3O2. The monoisotopic (exact) mass is 279 g/mol. The molecule has 0 fully saturated rings. The lowest BCUT2D eigenvalue weighted by molar-refractivity contribution is 0.149. The van der Waals surface area contributed by atoms with Crippen molar-refractivity contribution >= 4 is 29.0 Å². The molecule has 0 atom stereocenters. The van der Waals surface area contributed by atoms with Crippen molar-refractivity contribution in [2.75, 3.05) is 38.1 Å². The molecule has 1 aromatic rings. The van der Waals surface area contributed by atoms with Crippen LogP contribution in [0.15, 0.2) is 6.20 Å². The van der Waals surface area contributed by atoms with Crippen LogP contribution in [0.4, 0.5) is 5.82 Å². The minimum absolute atomic E-state index is 0.287. The average molecular weight is 280 g/mol. The van der Waals surface area contributed by atoms with Gasteiger partial charge in [-0.25, -0.2) is 4.98 Å². The van der Waals surface area contributed by atoms with E-state index in [2.05, 4.69) is 15.3 Å². The SMILES string of the molecule is COc1ncc(Cl)c(NCCCOCCCl)n1. The van der Waals surface area contributed by atoms with Crippen molar-refractivity contribution < 1.29 is 9.47 Å². The van der Waals surface area contributed by atoms with Gasteiger partial charge in [0.2, 0.25) is 0 Å². The van der Waals surface area contributed by atoms with Crippen molar-refractivity contribution in [3.63, 3.8) is 0 Å². The molecule has 0 spiro atoms. The minimum atomic E-state index is 0.287. The van der Waals surface area contributed by atoms with E-state index < -0.39 is 0 Å². The van der Waals surface area contributed by atoms with Crippen LogP contribution in [0.25, 0.3) is 0 Å². The highest BCUT2D eigenvalue weighted by Gasteiger charge is 2.04. The van der Waals surface area contributed by atoms with Gasteiger partial charge in [0.15, 0.2) is 5.82 Å². The Morgan fingerprint density at radius 3 is 2.94 bits per heavy atom. The quantitative estimate of drug-likeness (QED) is 0.584. The van der Waals surface area contributed by atoms with Gasteiger partial charge in [0.05, 0.1) is 19.9 Å². The first-order valence-electron chi connectivity index (χ1n) is 5.22. The number of halogens is 2. The number of nitrogens with one attached hydrogen (secondary N) is 1. The summed E-state index contributed by atoms with van der Waals surface area (Å²) >= 11 is 11.4. The number of rotatable bonds is 8. The Balaban J connectivity index is 2.30. The van der Waals surface area contributed by atoms with Gasteiger partial charge in [-0.2, -0.15) is 4.98 Å². The first-order valence-corrected chi connectivity index (χ1v) is 6.13. The maximum atomic E-state index is 5.92. The summed E-state index contributed by atoms with van der Waals surface area (Å²) in [6, 6.07) is 0.287. The lowest BCUT2D eigenvalue weighted by atomic mass is 10.4. The van der Waals surface area contributed by atoms with E-state index in [0.29, 0.717) is 36.5 Å². The first kappa shape index (κ1) is 14.3. The molecule has 5 nitrogen and oxygen atoms in total. The van der Waals surface area contributed by atoms with Crippen LogP contribution in [0.2, 0.25) is 5.02 Å². The second-order valence-electron chi connectivity index (χ2n) is 3.13. The summed E-state index contributed by atoms with van der Waals surface area (Å²) in [6.07, 6.45) is 2.35. The van der Waals surface area contributed by atoms with Gasteiger partial charge in [0.25, 0.3) is 0 Å². The van der Waals surface area contributed by atoms with Gasteiger partial charge in [-0.15, -0.1) is 11.6 Å². The fourth-order valence-electron chi connectivity index (χ4n) is 1.11. The van der Waals surface area contributed by atoms with Gasteiger partial charge < -0.3 is 14.8 Å². The molecule has 0 aliphatic rings. The third-order valence-electron chi connectivity index (χ3n) is 1.88. The lowest BCUT2D eigenvalue weighted by Gasteiger charge is -2.08. The topological polar surface area (TPSA) is 56.3 Å². The second kappa shape index (κ2) is 8.33. The molecule has 1 aromatic heterocycles. The number of alkyl halides is 1. The second-order valence-corrected chi connectivity index (χ2v) is 3.92. The van der Waals surface area contributed by atoms with Gasteiger partial charge in [0.1, 0.15) is 5.02 Å². The van der Waals surface area contributed by atoms with E-state index in [0.717, 1.165) is 6.42 Å². The van der Waals surface area contributed by atoms with Gasteiger partial charge in [-0.3, -0.25) is 0 Å². The van der Waals surface area contributed by atoms with Crippen molar-refractivity contribution in [2.45, 2.75) is 6.42 Å². The number of ether oxygens (including phenoxy) is 2. The standard InChI is InChI=1S/C10H15Cl2N3O2/c1-16-10-14-7-8(12)9(15-10)13-4-2-5-17-6-3-11/h7H,2-6H2,1H3,(H,13,14,15). The van der Waals surface area contributed by atoms with Crippen LogP contribution in [-0.4, -0.2) is 42.7 Å². The largest absolute Gasteiger partial charge is 0.467 e. The third kappa shape index (κ3) is 5.39. The van der Waals surface area contributed by atoms with Crippen molar-refractivity contribution in [1.29, 1.82) is 0 Å². The Hall–Kier alpha value is -0.780. The van der Waals surface area contributed by atoms with Crippen molar-refractivity contribution in [3.8, 4) is 6.01 Å². The van der Waals surface area contributed by atoms with E-state index in [1.54, 1.807) is 0 Å². The average Bonchev–Trinajstić information content (AvgIpc) is 2.35. The Kier molecular flexibility index (Phi) is 7.00. The minimum Gasteiger partial charge on any atom is -0.467 e. The van der Waals surface area contributed by atoms with Gasteiger partial charge in [-0.1, -0.05) is 11.6 Å². The summed E-state index contributed by atoms with van der Waals surface area (Å²) < 4.78 is 10.1. The molecular weight excluding hydrogens is 265 g/mol.